The number of nitrogen functional groups attached to an aromatic ring is 1. The third kappa shape index (κ3) is 2.19. The van der Waals surface area contributed by atoms with E-state index in [0.29, 0.717) is 10.7 Å². The zero-order valence-corrected chi connectivity index (χ0v) is 11.6. The number of nitrogens with two attached hydrogens (primary N) is 1. The van der Waals surface area contributed by atoms with Gasteiger partial charge in [-0.25, -0.2) is 0 Å². The molecule has 6 nitrogen and oxygen atoms in total. The van der Waals surface area contributed by atoms with E-state index >= 15 is 0 Å². The number of amides is 1. The Morgan fingerprint density at radius 2 is 2.15 bits per heavy atom. The molecular weight excluding hydrogens is 274 g/mol. The van der Waals surface area contributed by atoms with Gasteiger partial charge in [0.05, 0.1) is 16.0 Å². The predicted molar refractivity (Wildman–Crippen MR) is 80.7 cm³/mol. The molecule has 7 heteroatoms. The van der Waals surface area contributed by atoms with Gasteiger partial charge in [-0.1, -0.05) is 18.2 Å². The Hall–Kier alpha value is -2.54. The molecule has 0 saturated heterocycles. The summed E-state index contributed by atoms with van der Waals surface area (Å²) in [7, 11) is 1.79. The normalized spacial score (nSPS) is 10.7. The molecule has 0 spiro atoms. The van der Waals surface area contributed by atoms with Gasteiger partial charge in [-0.3, -0.25) is 20.3 Å². The van der Waals surface area contributed by atoms with E-state index in [9.17, 15) is 4.79 Å². The smallest absolute Gasteiger partial charge is 0.279 e. The second-order valence-corrected chi connectivity index (χ2v) is 5.33. The van der Waals surface area contributed by atoms with Gasteiger partial charge in [-0.05, 0) is 18.2 Å². The van der Waals surface area contributed by atoms with Crippen molar-refractivity contribution in [2.24, 2.45) is 0 Å². The van der Waals surface area contributed by atoms with Crippen molar-refractivity contribution < 1.29 is 4.79 Å². The van der Waals surface area contributed by atoms with E-state index in [4.69, 9.17) is 5.73 Å². The monoisotopic (exact) mass is 287 g/mol. The van der Waals surface area contributed by atoms with Crippen molar-refractivity contribution in [2.45, 2.75) is 0 Å². The van der Waals surface area contributed by atoms with Crippen LogP contribution in [0.1, 0.15) is 9.67 Å². The lowest BCUT2D eigenvalue weighted by molar-refractivity contribution is 0.0955. The molecule has 3 rings (SSSR count). The summed E-state index contributed by atoms with van der Waals surface area (Å²) in [6, 6.07) is 11.3. The second-order valence-electron chi connectivity index (χ2n) is 4.30. The molecule has 3 aromatic rings. The highest BCUT2D eigenvalue weighted by atomic mass is 32.1. The van der Waals surface area contributed by atoms with Crippen LogP contribution in [-0.4, -0.2) is 23.2 Å². The summed E-state index contributed by atoms with van der Waals surface area (Å²) in [5.74, 6) is 0.297. The second kappa shape index (κ2) is 4.86. The van der Waals surface area contributed by atoms with Gasteiger partial charge in [0.15, 0.2) is 0 Å². The van der Waals surface area contributed by atoms with E-state index in [1.807, 2.05) is 30.3 Å². The minimum absolute atomic E-state index is 0.182. The molecule has 2 heterocycles. The maximum absolute atomic E-state index is 12.2. The van der Waals surface area contributed by atoms with Gasteiger partial charge in [0, 0.05) is 7.05 Å². The van der Waals surface area contributed by atoms with Gasteiger partial charge >= 0.3 is 0 Å². The third-order valence-corrected chi connectivity index (χ3v) is 3.94. The van der Waals surface area contributed by atoms with Crippen LogP contribution in [0.4, 0.5) is 11.5 Å². The molecule has 2 aromatic heterocycles. The molecule has 20 heavy (non-hydrogen) atoms. The van der Waals surface area contributed by atoms with E-state index in [-0.39, 0.29) is 5.91 Å². The Balaban J connectivity index is 1.79. The van der Waals surface area contributed by atoms with E-state index in [2.05, 4.69) is 15.6 Å². The zero-order chi connectivity index (χ0) is 14.1. The molecule has 0 aliphatic rings. The highest BCUT2D eigenvalue weighted by Gasteiger charge is 2.15. The molecular formula is C13H13N5OS. The molecule has 0 unspecified atom stereocenters. The molecule has 1 amide bonds. The largest absolute Gasteiger partial charge is 0.384 e. The number of para-hydroxylation sites is 1. The van der Waals surface area contributed by atoms with Crippen LogP contribution in [0.5, 0.6) is 0 Å². The number of hydrogen-bond donors (Lipinski definition) is 3. The van der Waals surface area contributed by atoms with Gasteiger partial charge in [0.2, 0.25) is 0 Å². The first-order valence-electron chi connectivity index (χ1n) is 5.98. The number of nitrogens with one attached hydrogen (secondary N) is 2. The lowest BCUT2D eigenvalue weighted by atomic mass is 10.3. The highest BCUT2D eigenvalue weighted by molar-refractivity contribution is 7.20. The Morgan fingerprint density at radius 3 is 2.85 bits per heavy atom. The molecule has 102 valence electrons. The number of nitrogens with zero attached hydrogens (tertiary/aromatic N) is 2. The number of anilines is 2. The molecule has 0 radical (unpaired) electrons. The Morgan fingerprint density at radius 1 is 1.40 bits per heavy atom. The SMILES string of the molecule is CN(NC(=O)c1cc2c(N)[nH]nc2s1)c1ccccc1. The van der Waals surface area contributed by atoms with Gasteiger partial charge < -0.3 is 5.73 Å². The molecule has 0 bridgehead atoms. The minimum Gasteiger partial charge on any atom is -0.384 e. The number of benzene rings is 1. The van der Waals surface area contributed by atoms with E-state index < -0.39 is 0 Å². The lowest BCUT2D eigenvalue weighted by Crippen LogP contribution is -2.38. The van der Waals surface area contributed by atoms with E-state index in [1.165, 1.54) is 11.3 Å². The van der Waals surface area contributed by atoms with E-state index in [1.54, 1.807) is 18.1 Å². The van der Waals surface area contributed by atoms with Crippen LogP contribution in [0, 0.1) is 0 Å². The number of aromatic nitrogens is 2. The highest BCUT2D eigenvalue weighted by Crippen LogP contribution is 2.27. The fraction of sp³-hybridized carbons (Fsp3) is 0.0769. The molecule has 1 aromatic carbocycles. The first-order chi connectivity index (χ1) is 9.65. The van der Waals surface area contributed by atoms with Crippen molar-refractivity contribution in [1.29, 1.82) is 0 Å². The Kier molecular flexibility index (Phi) is 3.03. The lowest BCUT2D eigenvalue weighted by Gasteiger charge is -2.19. The van der Waals surface area contributed by atoms with Crippen LogP contribution >= 0.6 is 11.3 Å². The van der Waals surface area contributed by atoms with Crippen LogP contribution in [0.3, 0.4) is 0 Å². The molecule has 0 fully saturated rings. The Bertz CT molecular complexity index is 749. The number of thiophene rings is 1. The van der Waals surface area contributed by atoms with Crippen molar-refractivity contribution >= 4 is 39.0 Å². The zero-order valence-electron chi connectivity index (χ0n) is 10.8. The van der Waals surface area contributed by atoms with Crippen LogP contribution in [0.2, 0.25) is 0 Å². The summed E-state index contributed by atoms with van der Waals surface area (Å²) < 4.78 is 0. The molecule has 0 aliphatic heterocycles. The van der Waals surface area contributed by atoms with Crippen molar-refractivity contribution in [1.82, 2.24) is 15.6 Å². The van der Waals surface area contributed by atoms with Crippen LogP contribution in [0.25, 0.3) is 10.2 Å². The average Bonchev–Trinajstić information content (AvgIpc) is 3.02. The van der Waals surface area contributed by atoms with Crippen molar-refractivity contribution in [3.8, 4) is 0 Å². The minimum atomic E-state index is -0.182. The number of fused-ring (bicyclic) bond motifs is 1. The summed E-state index contributed by atoms with van der Waals surface area (Å²) in [6.07, 6.45) is 0. The quantitative estimate of drug-likeness (QED) is 0.643. The van der Waals surface area contributed by atoms with Gasteiger partial charge in [-0.15, -0.1) is 11.3 Å². The standard InChI is InChI=1S/C13H13N5OS/c1-18(8-5-3-2-4-6-8)17-12(19)10-7-9-11(14)15-16-13(9)20-10/h2-7H,1H3,(H,17,19)(H3,14,15,16). The predicted octanol–water partition coefficient (Wildman–Crippen LogP) is 1.99. The fourth-order valence-corrected chi connectivity index (χ4v) is 2.76. The van der Waals surface area contributed by atoms with Gasteiger partial charge in [0.1, 0.15) is 10.6 Å². The maximum atomic E-state index is 12.2. The van der Waals surface area contributed by atoms with Crippen LogP contribution in [0.15, 0.2) is 36.4 Å². The number of carbonyl (C=O) groups is 1. The maximum Gasteiger partial charge on any atom is 0.279 e. The Labute approximate surface area is 119 Å². The summed E-state index contributed by atoms with van der Waals surface area (Å²) in [4.78, 5) is 13.5. The summed E-state index contributed by atoms with van der Waals surface area (Å²) in [6.45, 7) is 0. The number of hydrazine groups is 1. The van der Waals surface area contributed by atoms with Crippen molar-refractivity contribution in [3.63, 3.8) is 0 Å². The third-order valence-electron chi connectivity index (χ3n) is 2.92. The molecule has 0 saturated carbocycles. The number of H-pyrrole nitrogens is 1. The van der Waals surface area contributed by atoms with E-state index in [0.717, 1.165) is 15.9 Å². The molecule has 0 atom stereocenters. The topological polar surface area (TPSA) is 87.0 Å². The van der Waals surface area contributed by atoms with Gasteiger partial charge in [0.25, 0.3) is 5.91 Å². The first-order valence-corrected chi connectivity index (χ1v) is 6.80. The van der Waals surface area contributed by atoms with Crippen LogP contribution < -0.4 is 16.2 Å². The van der Waals surface area contributed by atoms with Gasteiger partial charge in [-0.2, -0.15) is 5.10 Å². The summed E-state index contributed by atoms with van der Waals surface area (Å²) in [5.41, 5.74) is 9.44. The van der Waals surface area contributed by atoms with Crippen LogP contribution in [-0.2, 0) is 0 Å². The summed E-state index contributed by atoms with van der Waals surface area (Å²) in [5, 5.41) is 9.18. The fourth-order valence-electron chi connectivity index (χ4n) is 1.86. The molecule has 0 aliphatic carbocycles. The number of aromatic amines is 1. The summed E-state index contributed by atoms with van der Waals surface area (Å²) >= 11 is 1.30. The number of rotatable bonds is 3. The number of hydrogen-bond acceptors (Lipinski definition) is 5. The number of carbonyl (C=O) groups excluding carboxylic acids is 1. The molecule has 4 N–H and O–H groups in total. The van der Waals surface area contributed by atoms with Crippen molar-refractivity contribution in [3.05, 3.63) is 41.3 Å². The first kappa shape index (κ1) is 12.5. The average molecular weight is 287 g/mol. The van der Waals surface area contributed by atoms with Crippen molar-refractivity contribution in [2.75, 3.05) is 17.8 Å².